The molecule has 1 saturated heterocycles. The third-order valence-corrected chi connectivity index (χ3v) is 8.74. The third kappa shape index (κ3) is 4.37. The number of rotatable bonds is 6. The highest BCUT2D eigenvalue weighted by Gasteiger charge is 2.48. The fourth-order valence-electron chi connectivity index (χ4n) is 6.00. The SMILES string of the molecule is CC1CCC(NC(=O)C2(C)Cn3c(cc4occc43)C(=O)N2CCCN2CCCCC2Cl)CC1. The summed E-state index contributed by atoms with van der Waals surface area (Å²) in [7, 11) is 0. The normalized spacial score (nSPS) is 30.5. The second kappa shape index (κ2) is 9.57. The molecule has 34 heavy (non-hydrogen) atoms. The highest BCUT2D eigenvalue weighted by Crippen LogP contribution is 2.34. The number of piperidine rings is 1. The lowest BCUT2D eigenvalue weighted by Crippen LogP contribution is -2.65. The first kappa shape index (κ1) is 23.7. The fourth-order valence-corrected chi connectivity index (χ4v) is 6.35. The second-order valence-electron chi connectivity index (χ2n) is 10.8. The molecule has 186 valence electrons. The number of amides is 2. The second-order valence-corrected chi connectivity index (χ2v) is 11.3. The topological polar surface area (TPSA) is 70.7 Å². The molecule has 2 aromatic rings. The molecule has 2 atom stereocenters. The molecule has 4 heterocycles. The zero-order chi connectivity index (χ0) is 23.9. The maximum Gasteiger partial charge on any atom is 0.271 e. The molecular weight excluding hydrogens is 452 g/mol. The minimum Gasteiger partial charge on any atom is -0.463 e. The maximum atomic E-state index is 13.8. The van der Waals surface area contributed by atoms with E-state index in [1.807, 2.05) is 23.6 Å². The lowest BCUT2D eigenvalue weighted by atomic mass is 9.86. The summed E-state index contributed by atoms with van der Waals surface area (Å²) in [4.78, 5) is 31.6. The van der Waals surface area contributed by atoms with Crippen molar-refractivity contribution in [1.29, 1.82) is 0 Å². The average molecular weight is 489 g/mol. The molecule has 2 aromatic heterocycles. The van der Waals surface area contributed by atoms with Gasteiger partial charge in [-0.05, 0) is 70.8 Å². The first-order valence-electron chi connectivity index (χ1n) is 12.9. The van der Waals surface area contributed by atoms with E-state index in [2.05, 4.69) is 17.1 Å². The summed E-state index contributed by atoms with van der Waals surface area (Å²) < 4.78 is 7.53. The molecule has 7 nitrogen and oxygen atoms in total. The van der Waals surface area contributed by atoms with Gasteiger partial charge in [-0.25, -0.2) is 0 Å². The Morgan fingerprint density at radius 3 is 2.76 bits per heavy atom. The van der Waals surface area contributed by atoms with Crippen molar-refractivity contribution in [2.45, 2.75) is 88.8 Å². The van der Waals surface area contributed by atoms with Crippen molar-refractivity contribution in [1.82, 2.24) is 19.7 Å². The van der Waals surface area contributed by atoms with Gasteiger partial charge in [0.15, 0.2) is 5.58 Å². The molecule has 0 spiro atoms. The zero-order valence-electron chi connectivity index (χ0n) is 20.4. The summed E-state index contributed by atoms with van der Waals surface area (Å²) in [6, 6.07) is 3.87. The molecule has 0 aromatic carbocycles. The molecule has 2 fully saturated rings. The first-order chi connectivity index (χ1) is 16.4. The lowest BCUT2D eigenvalue weighted by molar-refractivity contribution is -0.133. The quantitative estimate of drug-likeness (QED) is 0.477. The Hall–Kier alpha value is -1.99. The largest absolute Gasteiger partial charge is 0.463 e. The van der Waals surface area contributed by atoms with E-state index in [1.165, 1.54) is 12.8 Å². The Labute approximate surface area is 206 Å². The predicted octanol–water partition coefficient (Wildman–Crippen LogP) is 4.58. The van der Waals surface area contributed by atoms with Crippen LogP contribution in [0.15, 0.2) is 22.8 Å². The van der Waals surface area contributed by atoms with Crippen LogP contribution in [0.1, 0.15) is 75.7 Å². The highest BCUT2D eigenvalue weighted by atomic mass is 35.5. The Bertz CT molecular complexity index is 1040. The molecule has 5 rings (SSSR count). The van der Waals surface area contributed by atoms with E-state index in [0.717, 1.165) is 57.1 Å². The van der Waals surface area contributed by atoms with Crippen LogP contribution < -0.4 is 5.32 Å². The van der Waals surface area contributed by atoms with Gasteiger partial charge < -0.3 is 19.2 Å². The van der Waals surface area contributed by atoms with Crippen molar-refractivity contribution < 1.29 is 14.0 Å². The van der Waals surface area contributed by atoms with Crippen LogP contribution in [0.3, 0.4) is 0 Å². The lowest BCUT2D eigenvalue weighted by Gasteiger charge is -2.45. The van der Waals surface area contributed by atoms with Gasteiger partial charge in [-0.15, -0.1) is 11.6 Å². The summed E-state index contributed by atoms with van der Waals surface area (Å²) in [5.74, 6) is 0.562. The number of hydrogen-bond donors (Lipinski definition) is 1. The van der Waals surface area contributed by atoms with Crippen LogP contribution in [0.2, 0.25) is 0 Å². The van der Waals surface area contributed by atoms with Gasteiger partial charge in [0.05, 0.1) is 23.8 Å². The van der Waals surface area contributed by atoms with Crippen LogP contribution in [0.25, 0.3) is 11.1 Å². The minimum absolute atomic E-state index is 0.0513. The van der Waals surface area contributed by atoms with Crippen molar-refractivity contribution in [2.75, 3.05) is 19.6 Å². The van der Waals surface area contributed by atoms with E-state index in [1.54, 1.807) is 11.2 Å². The molecule has 2 unspecified atom stereocenters. The molecule has 1 aliphatic carbocycles. The van der Waals surface area contributed by atoms with Crippen molar-refractivity contribution >= 4 is 34.5 Å². The predicted molar refractivity (Wildman–Crippen MR) is 133 cm³/mol. The summed E-state index contributed by atoms with van der Waals surface area (Å²) >= 11 is 6.53. The number of alkyl halides is 1. The first-order valence-corrected chi connectivity index (χ1v) is 13.4. The van der Waals surface area contributed by atoms with E-state index in [0.29, 0.717) is 30.3 Å². The van der Waals surface area contributed by atoms with Crippen LogP contribution >= 0.6 is 11.6 Å². The summed E-state index contributed by atoms with van der Waals surface area (Å²) in [5, 5.41) is 3.31. The molecule has 0 bridgehead atoms. The summed E-state index contributed by atoms with van der Waals surface area (Å²) in [6.07, 6.45) is 10.1. The molecule has 2 amide bonds. The summed E-state index contributed by atoms with van der Waals surface area (Å²) in [6.45, 7) is 6.98. The molecular formula is C26H37ClN4O3. The van der Waals surface area contributed by atoms with Gasteiger partial charge >= 0.3 is 0 Å². The van der Waals surface area contributed by atoms with Crippen molar-refractivity contribution in [3.8, 4) is 0 Å². The van der Waals surface area contributed by atoms with Gasteiger partial charge in [0.25, 0.3) is 5.91 Å². The van der Waals surface area contributed by atoms with Crippen LogP contribution in [-0.2, 0) is 11.3 Å². The zero-order valence-corrected chi connectivity index (χ0v) is 21.1. The monoisotopic (exact) mass is 488 g/mol. The van der Waals surface area contributed by atoms with Crippen LogP contribution in [0.4, 0.5) is 0 Å². The van der Waals surface area contributed by atoms with E-state index in [4.69, 9.17) is 16.0 Å². The number of furan rings is 1. The Balaban J connectivity index is 1.37. The smallest absolute Gasteiger partial charge is 0.271 e. The number of hydrogen-bond acceptors (Lipinski definition) is 4. The number of carbonyl (C=O) groups excluding carboxylic acids is 2. The number of fused-ring (bicyclic) bond motifs is 3. The Morgan fingerprint density at radius 1 is 1.21 bits per heavy atom. The van der Waals surface area contributed by atoms with Crippen LogP contribution in [-0.4, -0.2) is 62.9 Å². The number of halogens is 1. The molecule has 8 heteroatoms. The van der Waals surface area contributed by atoms with Gasteiger partial charge in [-0.3, -0.25) is 14.5 Å². The standard InChI is InChI=1S/C26H37ClN4O3/c1-18-7-9-19(10-8-18)28-25(33)26(2)17-30-20-11-15-34-22(20)16-21(30)24(32)31(26)14-5-13-29-12-4-3-6-23(29)27/h11,15-16,18-19,23H,3-10,12-14,17H2,1-2H3,(H,28,33). The van der Waals surface area contributed by atoms with Crippen molar-refractivity contribution in [2.24, 2.45) is 5.92 Å². The van der Waals surface area contributed by atoms with Gasteiger partial charge in [0.2, 0.25) is 5.91 Å². The number of nitrogens with zero attached hydrogens (tertiary/aromatic N) is 3. The van der Waals surface area contributed by atoms with E-state index < -0.39 is 5.54 Å². The molecule has 1 saturated carbocycles. The number of nitrogens with one attached hydrogen (secondary N) is 1. The van der Waals surface area contributed by atoms with E-state index in [9.17, 15) is 9.59 Å². The van der Waals surface area contributed by atoms with E-state index >= 15 is 0 Å². The molecule has 0 radical (unpaired) electrons. The van der Waals surface area contributed by atoms with Gasteiger partial charge in [0, 0.05) is 31.3 Å². The van der Waals surface area contributed by atoms with Crippen molar-refractivity contribution in [3.63, 3.8) is 0 Å². The summed E-state index contributed by atoms with van der Waals surface area (Å²) in [5.41, 5.74) is 1.26. The highest BCUT2D eigenvalue weighted by molar-refractivity contribution is 6.20. The molecule has 1 N–H and O–H groups in total. The average Bonchev–Trinajstić information content (AvgIpc) is 3.41. The van der Waals surface area contributed by atoms with Crippen molar-refractivity contribution in [3.05, 3.63) is 24.1 Å². The third-order valence-electron chi connectivity index (χ3n) is 8.25. The fraction of sp³-hybridized carbons (Fsp3) is 0.692. The molecule has 3 aliphatic rings. The van der Waals surface area contributed by atoms with Gasteiger partial charge in [-0.2, -0.15) is 0 Å². The van der Waals surface area contributed by atoms with E-state index in [-0.39, 0.29) is 23.4 Å². The van der Waals surface area contributed by atoms with Crippen LogP contribution in [0.5, 0.6) is 0 Å². The minimum atomic E-state index is -0.960. The Kier molecular flexibility index (Phi) is 6.68. The van der Waals surface area contributed by atoms with Gasteiger partial charge in [0.1, 0.15) is 11.2 Å². The number of carbonyl (C=O) groups is 2. The van der Waals surface area contributed by atoms with Crippen LogP contribution in [0, 0.1) is 5.92 Å². The number of aromatic nitrogens is 1. The number of likely N-dealkylation sites (tertiary alicyclic amines) is 1. The van der Waals surface area contributed by atoms with Gasteiger partial charge in [-0.1, -0.05) is 6.92 Å². The maximum absolute atomic E-state index is 13.8. The molecule has 2 aliphatic heterocycles. The Morgan fingerprint density at radius 2 is 2.00 bits per heavy atom.